The van der Waals surface area contributed by atoms with E-state index in [1.807, 2.05) is 4.90 Å². The molecule has 1 amide bonds. The van der Waals surface area contributed by atoms with Crippen molar-refractivity contribution < 1.29 is 4.79 Å². The van der Waals surface area contributed by atoms with Gasteiger partial charge in [-0.1, -0.05) is 42.1 Å². The van der Waals surface area contributed by atoms with Crippen LogP contribution in [0.3, 0.4) is 0 Å². The topological polar surface area (TPSA) is 58.1 Å². The predicted octanol–water partition coefficient (Wildman–Crippen LogP) is 4.54. The number of rotatable bonds is 3. The molecule has 5 nitrogen and oxygen atoms in total. The number of nitrogens with one attached hydrogen (secondary N) is 1. The number of carbonyl (C=O) groups excluding carboxylic acids is 1. The predicted molar refractivity (Wildman–Crippen MR) is 96.1 cm³/mol. The molecule has 1 saturated heterocycles. The van der Waals surface area contributed by atoms with Crippen molar-refractivity contribution in [2.75, 3.05) is 18.4 Å². The van der Waals surface area contributed by atoms with Crippen molar-refractivity contribution in [2.24, 2.45) is 0 Å². The van der Waals surface area contributed by atoms with E-state index in [1.165, 1.54) is 12.8 Å². The Morgan fingerprint density at radius 3 is 2.38 bits per heavy atom. The molecule has 1 fully saturated rings. The standard InChI is InChI=1S/C17H18Cl2N4O/c18-13-6-5-7-14(15(13)19)22-17-20-10-12(11-21-17)16(24)23-8-3-1-2-4-9-23/h5-7,10-11H,1-4,8-9H2,(H,20,21,22). The first-order valence-corrected chi connectivity index (χ1v) is 8.73. The van der Waals surface area contributed by atoms with E-state index in [0.717, 1.165) is 25.9 Å². The second-order valence-corrected chi connectivity index (χ2v) is 6.51. The molecule has 2 heterocycles. The van der Waals surface area contributed by atoms with Crippen molar-refractivity contribution in [3.63, 3.8) is 0 Å². The van der Waals surface area contributed by atoms with Crippen LogP contribution < -0.4 is 5.32 Å². The SMILES string of the molecule is O=C(c1cnc(Nc2cccc(Cl)c2Cl)nc1)N1CCCCCC1. The summed E-state index contributed by atoms with van der Waals surface area (Å²) < 4.78 is 0. The highest BCUT2D eigenvalue weighted by Gasteiger charge is 2.18. The van der Waals surface area contributed by atoms with E-state index < -0.39 is 0 Å². The molecule has 1 aromatic carbocycles. The van der Waals surface area contributed by atoms with Crippen LogP contribution in [0.2, 0.25) is 10.0 Å². The summed E-state index contributed by atoms with van der Waals surface area (Å²) in [5.41, 5.74) is 1.12. The van der Waals surface area contributed by atoms with Gasteiger partial charge in [0.15, 0.2) is 0 Å². The van der Waals surface area contributed by atoms with Crippen LogP contribution in [0.4, 0.5) is 11.6 Å². The highest BCUT2D eigenvalue weighted by atomic mass is 35.5. The number of carbonyl (C=O) groups is 1. The summed E-state index contributed by atoms with van der Waals surface area (Å²) in [6, 6.07) is 5.28. The second-order valence-electron chi connectivity index (χ2n) is 5.73. The largest absolute Gasteiger partial charge is 0.339 e. The molecule has 1 aliphatic heterocycles. The number of amides is 1. The fourth-order valence-electron chi connectivity index (χ4n) is 2.68. The molecule has 3 rings (SSSR count). The van der Waals surface area contributed by atoms with Gasteiger partial charge in [-0.3, -0.25) is 4.79 Å². The van der Waals surface area contributed by atoms with Crippen molar-refractivity contribution in [1.82, 2.24) is 14.9 Å². The van der Waals surface area contributed by atoms with Crippen molar-refractivity contribution in [3.05, 3.63) is 46.2 Å². The molecule has 126 valence electrons. The molecule has 0 unspecified atom stereocenters. The van der Waals surface area contributed by atoms with Crippen LogP contribution in [0.1, 0.15) is 36.0 Å². The lowest BCUT2D eigenvalue weighted by Crippen LogP contribution is -2.32. The van der Waals surface area contributed by atoms with E-state index in [9.17, 15) is 4.79 Å². The molecule has 2 aromatic rings. The lowest BCUT2D eigenvalue weighted by atomic mass is 10.2. The number of benzene rings is 1. The zero-order chi connectivity index (χ0) is 16.9. The van der Waals surface area contributed by atoms with Crippen LogP contribution in [-0.4, -0.2) is 33.9 Å². The van der Waals surface area contributed by atoms with E-state index >= 15 is 0 Å². The quantitative estimate of drug-likeness (QED) is 0.867. The number of halogens is 2. The van der Waals surface area contributed by atoms with Gasteiger partial charge in [0.1, 0.15) is 0 Å². The van der Waals surface area contributed by atoms with E-state index in [4.69, 9.17) is 23.2 Å². The maximum atomic E-state index is 12.5. The van der Waals surface area contributed by atoms with Gasteiger partial charge in [-0.25, -0.2) is 9.97 Å². The average Bonchev–Trinajstić information content (AvgIpc) is 2.88. The Kier molecular flexibility index (Phi) is 5.53. The molecule has 0 saturated carbocycles. The molecule has 1 aliphatic rings. The maximum absolute atomic E-state index is 12.5. The normalized spacial score (nSPS) is 15.0. The van der Waals surface area contributed by atoms with Crippen LogP contribution in [0, 0.1) is 0 Å². The van der Waals surface area contributed by atoms with Gasteiger partial charge in [0.2, 0.25) is 5.95 Å². The monoisotopic (exact) mass is 364 g/mol. The van der Waals surface area contributed by atoms with E-state index in [0.29, 0.717) is 27.2 Å². The molecule has 0 spiro atoms. The summed E-state index contributed by atoms with van der Waals surface area (Å²) in [6.45, 7) is 1.61. The second kappa shape index (κ2) is 7.81. The average molecular weight is 365 g/mol. The minimum Gasteiger partial charge on any atom is -0.339 e. The molecule has 0 atom stereocenters. The minimum atomic E-state index is -0.00996. The van der Waals surface area contributed by atoms with Crippen molar-refractivity contribution in [3.8, 4) is 0 Å². The van der Waals surface area contributed by atoms with Gasteiger partial charge < -0.3 is 10.2 Å². The molecule has 1 N–H and O–H groups in total. The van der Waals surface area contributed by atoms with Crippen molar-refractivity contribution >= 4 is 40.7 Å². The first-order valence-electron chi connectivity index (χ1n) is 7.97. The number of hydrogen-bond acceptors (Lipinski definition) is 4. The summed E-state index contributed by atoms with van der Waals surface area (Å²) >= 11 is 12.1. The van der Waals surface area contributed by atoms with Gasteiger partial charge in [-0.05, 0) is 25.0 Å². The minimum absolute atomic E-state index is 0.00996. The number of likely N-dealkylation sites (tertiary alicyclic amines) is 1. The van der Waals surface area contributed by atoms with Gasteiger partial charge >= 0.3 is 0 Å². The molecular formula is C17H18Cl2N4O. The Labute approximate surface area is 151 Å². The molecule has 24 heavy (non-hydrogen) atoms. The van der Waals surface area contributed by atoms with Gasteiger partial charge in [0.25, 0.3) is 5.91 Å². The number of nitrogens with zero attached hydrogens (tertiary/aromatic N) is 3. The Morgan fingerprint density at radius 1 is 1.04 bits per heavy atom. The van der Waals surface area contributed by atoms with Crippen molar-refractivity contribution in [2.45, 2.75) is 25.7 Å². The first kappa shape index (κ1) is 17.0. The highest BCUT2D eigenvalue weighted by Crippen LogP contribution is 2.30. The highest BCUT2D eigenvalue weighted by molar-refractivity contribution is 6.43. The molecule has 0 bridgehead atoms. The molecule has 0 radical (unpaired) electrons. The summed E-state index contributed by atoms with van der Waals surface area (Å²) in [7, 11) is 0. The Balaban J connectivity index is 1.71. The Hall–Kier alpha value is -1.85. The maximum Gasteiger partial charge on any atom is 0.256 e. The fraction of sp³-hybridized carbons (Fsp3) is 0.353. The Bertz CT molecular complexity index is 713. The van der Waals surface area contributed by atoms with Gasteiger partial charge in [0, 0.05) is 25.5 Å². The van der Waals surface area contributed by atoms with Crippen LogP contribution in [0.15, 0.2) is 30.6 Å². The van der Waals surface area contributed by atoms with E-state index in [2.05, 4.69) is 15.3 Å². The number of hydrogen-bond donors (Lipinski definition) is 1. The van der Waals surface area contributed by atoms with Crippen molar-refractivity contribution in [1.29, 1.82) is 0 Å². The first-order chi connectivity index (χ1) is 11.6. The lowest BCUT2D eigenvalue weighted by Gasteiger charge is -2.20. The molecular weight excluding hydrogens is 347 g/mol. The summed E-state index contributed by atoms with van der Waals surface area (Å²) in [5.74, 6) is 0.357. The van der Waals surface area contributed by atoms with Gasteiger partial charge in [-0.15, -0.1) is 0 Å². The van der Waals surface area contributed by atoms with Gasteiger partial charge in [0.05, 0.1) is 21.3 Å². The molecule has 1 aromatic heterocycles. The smallest absolute Gasteiger partial charge is 0.256 e. The van der Waals surface area contributed by atoms with Gasteiger partial charge in [-0.2, -0.15) is 0 Å². The third-order valence-corrected chi connectivity index (χ3v) is 4.81. The summed E-state index contributed by atoms with van der Waals surface area (Å²) in [6.07, 6.45) is 7.56. The number of aromatic nitrogens is 2. The zero-order valence-electron chi connectivity index (χ0n) is 13.1. The molecule has 7 heteroatoms. The summed E-state index contributed by atoms with van der Waals surface area (Å²) in [4.78, 5) is 22.8. The molecule has 0 aliphatic carbocycles. The van der Waals surface area contributed by atoms with E-state index in [-0.39, 0.29) is 5.91 Å². The van der Waals surface area contributed by atoms with Crippen LogP contribution in [0.5, 0.6) is 0 Å². The summed E-state index contributed by atoms with van der Waals surface area (Å²) in [5, 5.41) is 3.87. The van der Waals surface area contributed by atoms with E-state index in [1.54, 1.807) is 30.6 Å². The van der Waals surface area contributed by atoms with Crippen LogP contribution in [0.25, 0.3) is 0 Å². The van der Waals surface area contributed by atoms with Crippen LogP contribution >= 0.6 is 23.2 Å². The Morgan fingerprint density at radius 2 is 1.71 bits per heavy atom. The third-order valence-electron chi connectivity index (χ3n) is 3.99. The lowest BCUT2D eigenvalue weighted by molar-refractivity contribution is 0.0761. The third kappa shape index (κ3) is 3.97. The zero-order valence-corrected chi connectivity index (χ0v) is 14.6. The van der Waals surface area contributed by atoms with Crippen LogP contribution in [-0.2, 0) is 0 Å². The number of anilines is 2. The fourth-order valence-corrected chi connectivity index (χ4v) is 3.03.